The maximum Gasteiger partial charge on any atom is 0.338 e. The van der Waals surface area contributed by atoms with E-state index in [1.54, 1.807) is 0 Å². The highest BCUT2D eigenvalue weighted by atomic mass is 16.4. The van der Waals surface area contributed by atoms with Gasteiger partial charge < -0.3 is 10.2 Å². The van der Waals surface area contributed by atoms with Crippen molar-refractivity contribution in [1.29, 1.82) is 0 Å². The Hall–Kier alpha value is -2.38. The zero-order chi connectivity index (χ0) is 16.6. The van der Waals surface area contributed by atoms with Gasteiger partial charge in [0.25, 0.3) is 5.56 Å². The number of aromatic nitrogens is 4. The van der Waals surface area contributed by atoms with Crippen LogP contribution in [0.3, 0.4) is 0 Å². The van der Waals surface area contributed by atoms with E-state index in [0.29, 0.717) is 18.5 Å². The van der Waals surface area contributed by atoms with Crippen LogP contribution in [0.1, 0.15) is 57.7 Å². The second-order valence-electron chi connectivity index (χ2n) is 6.02. The quantitative estimate of drug-likeness (QED) is 0.388. The van der Waals surface area contributed by atoms with Crippen LogP contribution in [0.15, 0.2) is 14.7 Å². The second-order valence-corrected chi connectivity index (χ2v) is 6.02. The molecule has 0 aromatic carbocycles. The van der Waals surface area contributed by atoms with Crippen LogP contribution in [0.25, 0.3) is 11.2 Å². The lowest BCUT2D eigenvalue weighted by atomic mass is 10.1. The monoisotopic (exact) mass is 319 g/mol. The van der Waals surface area contributed by atoms with Crippen molar-refractivity contribution in [3.8, 4) is 0 Å². The average Bonchev–Trinajstić information content (AvgIpc) is 3.20. The molecule has 1 aliphatic carbocycles. The smallest absolute Gasteiger partial charge is 0.338 e. The molecule has 0 amide bonds. The zero-order valence-electron chi connectivity index (χ0n) is 13.4. The minimum absolute atomic E-state index is 0.0920. The van der Waals surface area contributed by atoms with Gasteiger partial charge in [0, 0.05) is 12.5 Å². The van der Waals surface area contributed by atoms with Crippen LogP contribution in [0.4, 0.5) is 0 Å². The van der Waals surface area contributed by atoms with Crippen molar-refractivity contribution in [2.75, 3.05) is 0 Å². The lowest BCUT2D eigenvalue weighted by Gasteiger charge is -2.08. The average molecular weight is 319 g/mol. The van der Waals surface area contributed by atoms with Crippen LogP contribution in [0.5, 0.6) is 0 Å². The summed E-state index contributed by atoms with van der Waals surface area (Å²) in [5, 5.41) is 12.2. The first kappa shape index (κ1) is 15.5. The zero-order valence-corrected chi connectivity index (χ0v) is 13.4. The number of nitrogens with one attached hydrogen (secondary N) is 1. The predicted molar refractivity (Wildman–Crippen MR) is 86.4 cm³/mol. The number of rotatable bonds is 3. The Morgan fingerprint density at radius 1 is 1.39 bits per heavy atom. The van der Waals surface area contributed by atoms with E-state index in [1.807, 2.05) is 6.92 Å². The van der Waals surface area contributed by atoms with E-state index in [-0.39, 0.29) is 23.0 Å². The largest absolute Gasteiger partial charge is 0.409 e. The fourth-order valence-corrected chi connectivity index (χ4v) is 3.28. The molecule has 0 aliphatic heterocycles. The molecule has 2 N–H and O–H groups in total. The molecule has 0 unspecified atom stereocenters. The Kier molecular flexibility index (Phi) is 4.06. The van der Waals surface area contributed by atoms with Crippen molar-refractivity contribution in [3.05, 3.63) is 26.7 Å². The Morgan fingerprint density at radius 2 is 2.09 bits per heavy atom. The summed E-state index contributed by atoms with van der Waals surface area (Å²) in [5.41, 5.74) is -0.359. The van der Waals surface area contributed by atoms with Crippen molar-refractivity contribution in [1.82, 2.24) is 19.1 Å². The molecule has 8 nitrogen and oxygen atoms in total. The number of H-pyrrole nitrogens is 1. The molecule has 8 heteroatoms. The van der Waals surface area contributed by atoms with E-state index in [9.17, 15) is 9.59 Å². The molecule has 0 atom stereocenters. The minimum atomic E-state index is -0.524. The highest BCUT2D eigenvalue weighted by Crippen LogP contribution is 2.32. The van der Waals surface area contributed by atoms with Crippen molar-refractivity contribution < 1.29 is 5.21 Å². The van der Waals surface area contributed by atoms with Crippen LogP contribution in [0.2, 0.25) is 0 Å². The first-order valence-electron chi connectivity index (χ1n) is 8.03. The van der Waals surface area contributed by atoms with Gasteiger partial charge in [0.05, 0.1) is 0 Å². The maximum absolute atomic E-state index is 12.6. The number of oxime groups is 1. The predicted octanol–water partition coefficient (Wildman–Crippen LogP) is 1.61. The summed E-state index contributed by atoms with van der Waals surface area (Å²) in [5.74, 6) is 1.12. The van der Waals surface area contributed by atoms with Gasteiger partial charge in [-0.1, -0.05) is 24.9 Å². The number of hydrogen-bond donors (Lipinski definition) is 2. The Labute approximate surface area is 132 Å². The lowest BCUT2D eigenvalue weighted by molar-refractivity contribution is 0.316. The van der Waals surface area contributed by atoms with Crippen molar-refractivity contribution in [3.63, 3.8) is 0 Å². The van der Waals surface area contributed by atoms with Crippen LogP contribution in [-0.4, -0.2) is 30.1 Å². The number of aromatic amines is 1. The first-order chi connectivity index (χ1) is 11.1. The summed E-state index contributed by atoms with van der Waals surface area (Å²) < 4.78 is 2.36. The molecule has 2 heterocycles. The summed E-state index contributed by atoms with van der Waals surface area (Å²) in [6, 6.07) is 0. The molecule has 1 saturated carbocycles. The number of nitrogens with zero attached hydrogens (tertiary/aromatic N) is 4. The van der Waals surface area contributed by atoms with Gasteiger partial charge in [0.1, 0.15) is 5.82 Å². The third kappa shape index (κ3) is 2.47. The molecule has 2 aromatic rings. The van der Waals surface area contributed by atoms with E-state index in [4.69, 9.17) is 5.21 Å². The molecule has 0 spiro atoms. The molecule has 0 bridgehead atoms. The third-order valence-electron chi connectivity index (χ3n) is 4.45. The van der Waals surface area contributed by atoms with E-state index in [2.05, 4.69) is 15.1 Å². The molecule has 23 heavy (non-hydrogen) atoms. The Bertz CT molecular complexity index is 868. The molecule has 0 saturated heterocycles. The van der Waals surface area contributed by atoms with Crippen molar-refractivity contribution >= 4 is 17.0 Å². The van der Waals surface area contributed by atoms with Crippen LogP contribution >= 0.6 is 0 Å². The molecular formula is C15H21N5O3. The van der Waals surface area contributed by atoms with Gasteiger partial charge in [0.2, 0.25) is 0 Å². The van der Waals surface area contributed by atoms with Gasteiger partial charge in [-0.2, -0.15) is 0 Å². The third-order valence-corrected chi connectivity index (χ3v) is 4.45. The molecule has 124 valence electrons. The summed E-state index contributed by atoms with van der Waals surface area (Å²) in [6.45, 7) is 3.71. The number of imidazole rings is 1. The van der Waals surface area contributed by atoms with Crippen LogP contribution in [0, 0.1) is 0 Å². The fraction of sp³-hybridized carbons (Fsp3) is 0.600. The standard InChI is InChI=1S/C15H21N5O3/c1-3-8-19-14(21)11-13(20(15(19)22)9(2)18-23)17-12(16-11)10-6-4-5-7-10/h10,23H,3-8H2,1-2H3,(H,16,17). The molecule has 1 aliphatic rings. The normalized spacial score (nSPS) is 16.5. The SMILES string of the molecule is CCCn1c(=O)c2[nH]c(C3CCCC3)nc2n(C(C)=NO)c1=O. The van der Waals surface area contributed by atoms with E-state index in [0.717, 1.165) is 36.1 Å². The van der Waals surface area contributed by atoms with Crippen LogP contribution < -0.4 is 11.2 Å². The van der Waals surface area contributed by atoms with Crippen molar-refractivity contribution in [2.24, 2.45) is 5.16 Å². The Morgan fingerprint density at radius 3 is 2.70 bits per heavy atom. The molecule has 0 radical (unpaired) electrons. The number of fused-ring (bicyclic) bond motifs is 1. The van der Waals surface area contributed by atoms with E-state index < -0.39 is 5.69 Å². The van der Waals surface area contributed by atoms with Crippen molar-refractivity contribution in [2.45, 2.75) is 58.4 Å². The molecule has 3 rings (SSSR count). The fourth-order valence-electron chi connectivity index (χ4n) is 3.28. The van der Waals surface area contributed by atoms with Gasteiger partial charge >= 0.3 is 5.69 Å². The van der Waals surface area contributed by atoms with E-state index >= 15 is 0 Å². The summed E-state index contributed by atoms with van der Waals surface area (Å²) >= 11 is 0. The van der Waals surface area contributed by atoms with Gasteiger partial charge in [-0.25, -0.2) is 14.3 Å². The molecule has 2 aromatic heterocycles. The number of hydrogen-bond acceptors (Lipinski definition) is 5. The molecular weight excluding hydrogens is 298 g/mol. The van der Waals surface area contributed by atoms with Gasteiger partial charge in [-0.3, -0.25) is 9.36 Å². The first-order valence-corrected chi connectivity index (χ1v) is 8.03. The van der Waals surface area contributed by atoms with E-state index in [1.165, 1.54) is 11.5 Å². The second kappa shape index (κ2) is 6.02. The van der Waals surface area contributed by atoms with Gasteiger partial charge in [-0.05, 0) is 26.2 Å². The molecule has 1 fully saturated rings. The summed E-state index contributed by atoms with van der Waals surface area (Å²) in [4.78, 5) is 32.8. The van der Waals surface area contributed by atoms with Gasteiger partial charge in [-0.15, -0.1) is 0 Å². The lowest BCUT2D eigenvalue weighted by Crippen LogP contribution is -2.42. The van der Waals surface area contributed by atoms with Gasteiger partial charge in [0.15, 0.2) is 17.0 Å². The topological polar surface area (TPSA) is 105 Å². The maximum atomic E-state index is 12.6. The van der Waals surface area contributed by atoms with Crippen LogP contribution in [-0.2, 0) is 6.54 Å². The highest BCUT2D eigenvalue weighted by Gasteiger charge is 2.24. The summed E-state index contributed by atoms with van der Waals surface area (Å²) in [6.07, 6.45) is 5.00. The Balaban J connectivity index is 2.32. The summed E-state index contributed by atoms with van der Waals surface area (Å²) in [7, 11) is 0. The highest BCUT2D eigenvalue weighted by molar-refractivity contribution is 5.89. The minimum Gasteiger partial charge on any atom is -0.409 e.